The van der Waals surface area contributed by atoms with E-state index in [0.717, 1.165) is 0 Å². The molecule has 1 aromatic heterocycles. The van der Waals surface area contributed by atoms with Crippen LogP contribution in [0.2, 0.25) is 0 Å². The van der Waals surface area contributed by atoms with Crippen molar-refractivity contribution in [3.63, 3.8) is 0 Å². The average Bonchev–Trinajstić information content (AvgIpc) is 2.63. The highest BCUT2D eigenvalue weighted by molar-refractivity contribution is 14.1. The van der Waals surface area contributed by atoms with E-state index in [1.54, 1.807) is 6.92 Å². The number of nitrogens with zero attached hydrogens (tertiary/aromatic N) is 2. The normalized spacial score (nSPS) is 10.3. The summed E-state index contributed by atoms with van der Waals surface area (Å²) in [4.78, 5) is 15.8. The summed E-state index contributed by atoms with van der Waals surface area (Å²) in [6.45, 7) is 1.73. The molecular weight excluding hydrogens is 338 g/mol. The topological polar surface area (TPSA) is 70.7 Å². The molecule has 88 valence electrons. The first-order valence-electron chi connectivity index (χ1n) is 4.71. The molecule has 0 fully saturated rings. The first-order chi connectivity index (χ1) is 8.06. The number of hydrogen-bond donors (Lipinski definition) is 2. The Balaban J connectivity index is 2.20. The fourth-order valence-corrected chi connectivity index (χ4v) is 1.96. The molecule has 2 aromatic rings. The number of aromatic nitrogens is 3. The predicted molar refractivity (Wildman–Crippen MR) is 68.2 cm³/mol. The lowest BCUT2D eigenvalue weighted by Gasteiger charge is -2.03. The Hall–Kier alpha value is -1.51. The van der Waals surface area contributed by atoms with E-state index >= 15 is 0 Å². The van der Waals surface area contributed by atoms with Crippen LogP contribution >= 0.6 is 22.6 Å². The van der Waals surface area contributed by atoms with E-state index in [-0.39, 0.29) is 17.7 Å². The molecule has 1 amide bonds. The summed E-state index contributed by atoms with van der Waals surface area (Å²) in [6, 6.07) is 3.95. The number of carbonyl (C=O) groups excluding carboxylic acids is 1. The maximum Gasteiger partial charge on any atom is 0.259 e. The zero-order chi connectivity index (χ0) is 12.4. The number of carbonyl (C=O) groups is 1. The van der Waals surface area contributed by atoms with Gasteiger partial charge in [-0.2, -0.15) is 4.98 Å². The van der Waals surface area contributed by atoms with E-state index in [1.165, 1.54) is 18.2 Å². The fourth-order valence-electron chi connectivity index (χ4n) is 1.24. The van der Waals surface area contributed by atoms with E-state index in [9.17, 15) is 9.18 Å². The molecule has 1 heterocycles. The number of aryl methyl sites for hydroxylation is 1. The van der Waals surface area contributed by atoms with Crippen LogP contribution in [0.5, 0.6) is 0 Å². The Bertz CT molecular complexity index is 569. The number of amides is 1. The van der Waals surface area contributed by atoms with Gasteiger partial charge in [0.05, 0.1) is 5.56 Å². The third kappa shape index (κ3) is 2.78. The minimum Gasteiger partial charge on any atom is -0.289 e. The van der Waals surface area contributed by atoms with E-state index in [1.807, 2.05) is 22.6 Å². The summed E-state index contributed by atoms with van der Waals surface area (Å²) in [5.41, 5.74) is 0.384. The lowest BCUT2D eigenvalue weighted by Crippen LogP contribution is -2.14. The third-order valence-corrected chi connectivity index (χ3v) is 2.89. The zero-order valence-electron chi connectivity index (χ0n) is 8.79. The molecule has 1 aromatic carbocycles. The van der Waals surface area contributed by atoms with Crippen LogP contribution in [0.1, 0.15) is 16.2 Å². The van der Waals surface area contributed by atoms with E-state index in [4.69, 9.17) is 0 Å². The number of aromatic amines is 1. The molecule has 0 aliphatic heterocycles. The molecule has 17 heavy (non-hydrogen) atoms. The molecule has 0 spiro atoms. The van der Waals surface area contributed by atoms with Crippen LogP contribution < -0.4 is 5.32 Å². The van der Waals surface area contributed by atoms with Crippen molar-refractivity contribution >= 4 is 34.4 Å². The van der Waals surface area contributed by atoms with Crippen LogP contribution in [0.4, 0.5) is 10.3 Å². The highest BCUT2D eigenvalue weighted by Crippen LogP contribution is 2.15. The minimum atomic E-state index is -0.375. The lowest BCUT2D eigenvalue weighted by atomic mass is 10.2. The summed E-state index contributed by atoms with van der Waals surface area (Å²) in [5.74, 6) is 0.0646. The van der Waals surface area contributed by atoms with Gasteiger partial charge in [0.1, 0.15) is 11.6 Å². The maximum absolute atomic E-state index is 12.9. The van der Waals surface area contributed by atoms with Gasteiger partial charge in [-0.05, 0) is 47.7 Å². The Morgan fingerprint density at radius 1 is 1.53 bits per heavy atom. The number of benzene rings is 1. The number of hydrogen-bond acceptors (Lipinski definition) is 3. The van der Waals surface area contributed by atoms with Crippen molar-refractivity contribution in [2.75, 3.05) is 5.32 Å². The van der Waals surface area contributed by atoms with Crippen molar-refractivity contribution in [2.24, 2.45) is 0 Å². The first-order valence-corrected chi connectivity index (χ1v) is 5.79. The Morgan fingerprint density at radius 3 is 2.88 bits per heavy atom. The van der Waals surface area contributed by atoms with Gasteiger partial charge in [0, 0.05) is 3.57 Å². The smallest absolute Gasteiger partial charge is 0.259 e. The standard InChI is InChI=1S/C10H8FIN4O/c1-5-13-10(16-15-5)14-9(17)7-3-2-6(11)4-8(7)12/h2-4H,1H3,(H2,13,14,15,16,17). The summed E-state index contributed by atoms with van der Waals surface area (Å²) in [7, 11) is 0. The first kappa shape index (κ1) is 12.0. The molecule has 7 heteroatoms. The quantitative estimate of drug-likeness (QED) is 0.819. The molecule has 0 saturated heterocycles. The molecule has 0 aliphatic rings. The number of halogens is 2. The second kappa shape index (κ2) is 4.78. The number of nitrogens with one attached hydrogen (secondary N) is 2. The van der Waals surface area contributed by atoms with Gasteiger partial charge in [0.25, 0.3) is 5.91 Å². The highest BCUT2D eigenvalue weighted by Gasteiger charge is 2.12. The Labute approximate surface area is 110 Å². The van der Waals surface area contributed by atoms with Gasteiger partial charge in [-0.25, -0.2) is 4.39 Å². The number of H-pyrrole nitrogens is 1. The van der Waals surface area contributed by atoms with E-state index < -0.39 is 0 Å². The number of rotatable bonds is 2. The molecule has 0 radical (unpaired) electrons. The largest absolute Gasteiger partial charge is 0.289 e. The van der Waals surface area contributed by atoms with Crippen molar-refractivity contribution in [1.82, 2.24) is 15.2 Å². The van der Waals surface area contributed by atoms with Gasteiger partial charge in [0.2, 0.25) is 5.95 Å². The van der Waals surface area contributed by atoms with E-state index in [0.29, 0.717) is 15.0 Å². The summed E-state index contributed by atoms with van der Waals surface area (Å²) in [6.07, 6.45) is 0. The van der Waals surface area contributed by atoms with Crippen molar-refractivity contribution in [3.05, 3.63) is 39.0 Å². The van der Waals surface area contributed by atoms with Crippen LogP contribution in [-0.4, -0.2) is 21.1 Å². The van der Waals surface area contributed by atoms with Gasteiger partial charge in [-0.3, -0.25) is 15.2 Å². The molecule has 0 atom stereocenters. The van der Waals surface area contributed by atoms with Crippen LogP contribution in [0.3, 0.4) is 0 Å². The number of anilines is 1. The Kier molecular flexibility index (Phi) is 3.36. The maximum atomic E-state index is 12.9. The van der Waals surface area contributed by atoms with Gasteiger partial charge in [0.15, 0.2) is 0 Å². The molecule has 0 saturated carbocycles. The zero-order valence-corrected chi connectivity index (χ0v) is 10.9. The van der Waals surface area contributed by atoms with Crippen molar-refractivity contribution in [2.45, 2.75) is 6.92 Å². The van der Waals surface area contributed by atoms with Crippen molar-refractivity contribution < 1.29 is 9.18 Å². The van der Waals surface area contributed by atoms with Gasteiger partial charge in [-0.15, -0.1) is 5.10 Å². The molecule has 0 bridgehead atoms. The third-order valence-electron chi connectivity index (χ3n) is 2.00. The van der Waals surface area contributed by atoms with Crippen LogP contribution in [0, 0.1) is 16.3 Å². The molecule has 2 N–H and O–H groups in total. The summed E-state index contributed by atoms with van der Waals surface area (Å²) < 4.78 is 13.4. The van der Waals surface area contributed by atoms with Crippen LogP contribution in [0.15, 0.2) is 18.2 Å². The van der Waals surface area contributed by atoms with Crippen LogP contribution in [0.25, 0.3) is 0 Å². The SMILES string of the molecule is Cc1nc(NC(=O)c2ccc(F)cc2I)n[nH]1. The molecule has 2 rings (SSSR count). The molecule has 0 unspecified atom stereocenters. The predicted octanol–water partition coefficient (Wildman–Crippen LogP) is 2.11. The highest BCUT2D eigenvalue weighted by atomic mass is 127. The molecule has 5 nitrogen and oxygen atoms in total. The monoisotopic (exact) mass is 346 g/mol. The van der Waals surface area contributed by atoms with E-state index in [2.05, 4.69) is 20.5 Å². The Morgan fingerprint density at radius 2 is 2.29 bits per heavy atom. The van der Waals surface area contributed by atoms with Crippen molar-refractivity contribution in [1.29, 1.82) is 0 Å². The van der Waals surface area contributed by atoms with Crippen molar-refractivity contribution in [3.8, 4) is 0 Å². The summed E-state index contributed by atoms with van der Waals surface area (Å²) >= 11 is 1.90. The second-order valence-corrected chi connectivity index (χ2v) is 4.48. The molecule has 0 aliphatic carbocycles. The van der Waals surface area contributed by atoms with Gasteiger partial charge in [-0.1, -0.05) is 0 Å². The average molecular weight is 346 g/mol. The fraction of sp³-hybridized carbons (Fsp3) is 0.100. The summed E-state index contributed by atoms with van der Waals surface area (Å²) in [5, 5.41) is 8.92. The minimum absolute atomic E-state index is 0.202. The van der Waals surface area contributed by atoms with Crippen LogP contribution in [-0.2, 0) is 0 Å². The second-order valence-electron chi connectivity index (χ2n) is 3.32. The van der Waals surface area contributed by atoms with Gasteiger partial charge >= 0.3 is 0 Å². The van der Waals surface area contributed by atoms with Gasteiger partial charge < -0.3 is 0 Å². The lowest BCUT2D eigenvalue weighted by molar-refractivity contribution is 0.102. The molecular formula is C10H8FIN4O.